The van der Waals surface area contributed by atoms with Gasteiger partial charge in [0.05, 0.1) is 19.9 Å². The number of hydrogen-bond acceptors (Lipinski definition) is 7. The molecular formula is C25H26N4O4S. The van der Waals surface area contributed by atoms with Crippen LogP contribution in [0.25, 0.3) is 0 Å². The first kappa shape index (κ1) is 22.4. The monoisotopic (exact) mass is 478 g/mol. The minimum Gasteiger partial charge on any atom is -0.493 e. The number of nitrogens with one attached hydrogen (secondary N) is 3. The zero-order chi connectivity index (χ0) is 23.7. The molecule has 2 unspecified atom stereocenters. The zero-order valence-electron chi connectivity index (χ0n) is 19.0. The molecule has 0 spiro atoms. The number of ether oxygens (including phenoxy) is 2. The zero-order valence-corrected chi connectivity index (χ0v) is 19.8. The van der Waals surface area contributed by atoms with E-state index in [0.717, 1.165) is 24.1 Å². The van der Waals surface area contributed by atoms with Crippen LogP contribution >= 0.6 is 11.3 Å². The second-order valence-corrected chi connectivity index (χ2v) is 9.47. The number of benzene rings is 2. The molecule has 8 nitrogen and oxygen atoms in total. The van der Waals surface area contributed by atoms with Gasteiger partial charge in [0.15, 0.2) is 16.6 Å². The van der Waals surface area contributed by atoms with E-state index in [1.54, 1.807) is 48.8 Å². The lowest BCUT2D eigenvalue weighted by Gasteiger charge is -2.19. The summed E-state index contributed by atoms with van der Waals surface area (Å²) in [6, 6.07) is 13.1. The van der Waals surface area contributed by atoms with E-state index in [4.69, 9.17) is 9.47 Å². The molecule has 0 radical (unpaired) electrons. The van der Waals surface area contributed by atoms with E-state index >= 15 is 0 Å². The Morgan fingerprint density at radius 2 is 1.88 bits per heavy atom. The van der Waals surface area contributed by atoms with Gasteiger partial charge < -0.3 is 20.1 Å². The summed E-state index contributed by atoms with van der Waals surface area (Å²) in [4.78, 5) is 31.4. The number of carbonyl (C=O) groups excluding carboxylic acids is 2. The van der Waals surface area contributed by atoms with Crippen LogP contribution < -0.4 is 25.4 Å². The molecule has 2 aliphatic rings. The molecule has 0 saturated carbocycles. The van der Waals surface area contributed by atoms with Gasteiger partial charge in [0.2, 0.25) is 0 Å². The van der Waals surface area contributed by atoms with Crippen molar-refractivity contribution in [1.82, 2.24) is 15.6 Å². The van der Waals surface area contributed by atoms with E-state index in [9.17, 15) is 9.59 Å². The topological polar surface area (TPSA) is 102 Å². The Morgan fingerprint density at radius 3 is 2.71 bits per heavy atom. The molecule has 5 rings (SSSR count). The highest BCUT2D eigenvalue weighted by molar-refractivity contribution is 7.16. The van der Waals surface area contributed by atoms with Gasteiger partial charge in [0.1, 0.15) is 0 Å². The summed E-state index contributed by atoms with van der Waals surface area (Å²) in [6.07, 6.45) is 3.24. The molecule has 1 aromatic heterocycles. The number of fused-ring (bicyclic) bond motifs is 4. The molecule has 2 amide bonds. The first-order valence-corrected chi connectivity index (χ1v) is 12.0. The summed E-state index contributed by atoms with van der Waals surface area (Å²) in [5, 5.41) is 10.1. The van der Waals surface area contributed by atoms with Crippen molar-refractivity contribution in [3.8, 4) is 11.5 Å². The summed E-state index contributed by atoms with van der Waals surface area (Å²) >= 11 is 1.56. The van der Waals surface area contributed by atoms with Crippen molar-refractivity contribution in [2.75, 3.05) is 19.5 Å². The third-order valence-electron chi connectivity index (χ3n) is 6.23. The summed E-state index contributed by atoms with van der Waals surface area (Å²) in [6.45, 7) is 0.286. The van der Waals surface area contributed by atoms with Crippen LogP contribution in [0.1, 0.15) is 55.7 Å². The first-order valence-electron chi connectivity index (χ1n) is 11.2. The van der Waals surface area contributed by atoms with Gasteiger partial charge in [-0.1, -0.05) is 23.5 Å². The third kappa shape index (κ3) is 4.49. The number of anilines is 1. The molecule has 2 bridgehead atoms. The van der Waals surface area contributed by atoms with Crippen molar-refractivity contribution in [3.05, 3.63) is 69.7 Å². The quantitative estimate of drug-likeness (QED) is 0.479. The summed E-state index contributed by atoms with van der Waals surface area (Å²) in [7, 11) is 3.07. The number of amides is 2. The predicted octanol–water partition coefficient (Wildman–Crippen LogP) is 3.69. The third-order valence-corrected chi connectivity index (χ3v) is 7.36. The van der Waals surface area contributed by atoms with Crippen LogP contribution in [0.3, 0.4) is 0 Å². The Balaban J connectivity index is 1.22. The van der Waals surface area contributed by atoms with Gasteiger partial charge in [-0.2, -0.15) is 0 Å². The van der Waals surface area contributed by atoms with E-state index in [2.05, 4.69) is 20.9 Å². The molecule has 1 saturated heterocycles. The Bertz CT molecular complexity index is 1240. The van der Waals surface area contributed by atoms with Gasteiger partial charge in [0.25, 0.3) is 11.8 Å². The number of nitrogens with zero attached hydrogens (tertiary/aromatic N) is 1. The molecule has 0 aliphatic carbocycles. The molecule has 1 fully saturated rings. The average Bonchev–Trinajstić information content (AvgIpc) is 3.46. The van der Waals surface area contributed by atoms with Gasteiger partial charge in [-0.3, -0.25) is 14.9 Å². The average molecular weight is 479 g/mol. The SMILES string of the molecule is COc1ccc(C(=O)NCc2cccc(C(=O)Nc3nc4c(s3)C3CCC(C4)N3)c2)cc1OC. The fraction of sp³-hybridized carbons (Fsp3) is 0.320. The maximum atomic E-state index is 12.9. The second-order valence-electron chi connectivity index (χ2n) is 8.43. The van der Waals surface area contributed by atoms with Crippen LogP contribution in [-0.4, -0.2) is 37.1 Å². The van der Waals surface area contributed by atoms with Crippen molar-refractivity contribution >= 4 is 28.3 Å². The number of aromatic nitrogens is 1. The molecule has 176 valence electrons. The first-order chi connectivity index (χ1) is 16.5. The molecule has 2 aromatic carbocycles. The van der Waals surface area contributed by atoms with Gasteiger partial charge in [-0.25, -0.2) is 4.98 Å². The highest BCUT2D eigenvalue weighted by atomic mass is 32.1. The molecule has 2 atom stereocenters. The maximum absolute atomic E-state index is 12.9. The van der Waals surface area contributed by atoms with Gasteiger partial charge in [-0.15, -0.1) is 0 Å². The smallest absolute Gasteiger partial charge is 0.257 e. The largest absolute Gasteiger partial charge is 0.493 e. The molecular weight excluding hydrogens is 452 g/mol. The standard InChI is InChI=1S/C25H26N4O4S/c1-32-20-9-6-16(11-21(20)33-2)23(30)26-13-14-4-3-5-15(10-14)24(31)29-25-28-19-12-17-7-8-18(27-17)22(19)34-25/h3-6,9-11,17-18,27H,7-8,12-13H2,1-2H3,(H,26,30)(H,28,29,31). The maximum Gasteiger partial charge on any atom is 0.257 e. The van der Waals surface area contributed by atoms with Crippen LogP contribution in [-0.2, 0) is 13.0 Å². The van der Waals surface area contributed by atoms with Crippen molar-refractivity contribution in [2.24, 2.45) is 0 Å². The predicted molar refractivity (Wildman–Crippen MR) is 130 cm³/mol. The van der Waals surface area contributed by atoms with Gasteiger partial charge in [-0.05, 0) is 48.7 Å². The van der Waals surface area contributed by atoms with Crippen molar-refractivity contribution in [1.29, 1.82) is 0 Å². The Kier molecular flexibility index (Phi) is 6.21. The minimum absolute atomic E-state index is 0.211. The van der Waals surface area contributed by atoms with Crippen molar-refractivity contribution in [3.63, 3.8) is 0 Å². The molecule has 3 heterocycles. The van der Waals surface area contributed by atoms with Gasteiger partial charge >= 0.3 is 0 Å². The highest BCUT2D eigenvalue weighted by Gasteiger charge is 2.35. The molecule has 3 N–H and O–H groups in total. The number of thiazole rings is 1. The van der Waals surface area contributed by atoms with Crippen molar-refractivity contribution in [2.45, 2.75) is 37.9 Å². The Hall–Kier alpha value is -3.43. The fourth-order valence-electron chi connectivity index (χ4n) is 4.51. The van der Waals surface area contributed by atoms with E-state index in [1.165, 1.54) is 18.4 Å². The number of methoxy groups -OCH3 is 2. The van der Waals surface area contributed by atoms with Crippen LogP contribution in [0.5, 0.6) is 11.5 Å². The molecule has 34 heavy (non-hydrogen) atoms. The lowest BCUT2D eigenvalue weighted by atomic mass is 10.1. The number of rotatable bonds is 7. The second kappa shape index (κ2) is 9.44. The molecule has 9 heteroatoms. The Morgan fingerprint density at radius 1 is 1.06 bits per heavy atom. The summed E-state index contributed by atoms with van der Waals surface area (Å²) < 4.78 is 10.5. The molecule has 2 aliphatic heterocycles. The Labute approximate surface area is 201 Å². The lowest BCUT2D eigenvalue weighted by molar-refractivity contribution is 0.0950. The number of hydrogen-bond donors (Lipinski definition) is 3. The highest BCUT2D eigenvalue weighted by Crippen LogP contribution is 2.40. The van der Waals surface area contributed by atoms with E-state index in [0.29, 0.717) is 39.8 Å². The minimum atomic E-state index is -0.243. The summed E-state index contributed by atoms with van der Waals surface area (Å²) in [5.74, 6) is 0.591. The lowest BCUT2D eigenvalue weighted by Crippen LogP contribution is -2.30. The fourth-order valence-corrected chi connectivity index (χ4v) is 5.59. The number of carbonyl (C=O) groups is 2. The van der Waals surface area contributed by atoms with Crippen LogP contribution in [0.4, 0.5) is 5.13 Å². The van der Waals surface area contributed by atoms with Gasteiger partial charge in [0, 0.05) is 41.1 Å². The normalized spacial score (nSPS) is 18.2. The van der Waals surface area contributed by atoms with Crippen molar-refractivity contribution < 1.29 is 19.1 Å². The molecule has 3 aromatic rings. The summed E-state index contributed by atoms with van der Waals surface area (Å²) in [5.41, 5.74) is 2.91. The van der Waals surface area contributed by atoms with Crippen LogP contribution in [0.2, 0.25) is 0 Å². The van der Waals surface area contributed by atoms with Crippen LogP contribution in [0, 0.1) is 0 Å². The van der Waals surface area contributed by atoms with Crippen LogP contribution in [0.15, 0.2) is 42.5 Å². The van der Waals surface area contributed by atoms with E-state index < -0.39 is 0 Å². The van der Waals surface area contributed by atoms with E-state index in [1.807, 2.05) is 12.1 Å². The van der Waals surface area contributed by atoms with E-state index in [-0.39, 0.29) is 18.4 Å².